The number of ether oxygens (including phenoxy) is 1. The van der Waals surface area contributed by atoms with Gasteiger partial charge in [-0.2, -0.15) is 0 Å². The molecule has 0 saturated carbocycles. The van der Waals surface area contributed by atoms with E-state index in [4.69, 9.17) is 9.15 Å². The zero-order chi connectivity index (χ0) is 14.4. The minimum atomic E-state index is -0.234. The van der Waals surface area contributed by atoms with E-state index in [0.29, 0.717) is 30.2 Å². The first-order chi connectivity index (χ1) is 9.70. The molecule has 1 aromatic heterocycles. The van der Waals surface area contributed by atoms with Crippen LogP contribution in [-0.2, 0) is 17.9 Å². The zero-order valence-electron chi connectivity index (χ0n) is 11.2. The first kappa shape index (κ1) is 14.8. The normalized spacial score (nSPS) is 10.5. The number of carbonyl (C=O) groups excluding carboxylic acids is 1. The van der Waals surface area contributed by atoms with Gasteiger partial charge in [0.25, 0.3) is 5.91 Å². The van der Waals surface area contributed by atoms with Crippen LogP contribution in [0.15, 0.2) is 45.5 Å². The van der Waals surface area contributed by atoms with E-state index < -0.39 is 0 Å². The molecule has 0 fully saturated rings. The average molecular weight is 338 g/mol. The van der Waals surface area contributed by atoms with Crippen LogP contribution in [0.2, 0.25) is 0 Å². The molecule has 1 aromatic carbocycles. The maximum absolute atomic E-state index is 11.9. The standard InChI is InChI=1S/C15H16BrNO3/c1-2-19-10-12-6-4-3-5-11(12)9-17-15(18)13-7-8-14(16)20-13/h3-8H,2,9-10H2,1H3,(H,17,18). The minimum absolute atomic E-state index is 0.234. The molecule has 1 N–H and O–H groups in total. The molecule has 0 aliphatic rings. The van der Waals surface area contributed by atoms with Crippen molar-refractivity contribution in [3.05, 3.63) is 58.0 Å². The number of benzene rings is 1. The summed E-state index contributed by atoms with van der Waals surface area (Å²) >= 11 is 3.17. The summed E-state index contributed by atoms with van der Waals surface area (Å²) in [5, 5.41) is 2.84. The van der Waals surface area contributed by atoms with E-state index in [1.54, 1.807) is 12.1 Å². The predicted molar refractivity (Wildman–Crippen MR) is 79.4 cm³/mol. The number of furan rings is 1. The van der Waals surface area contributed by atoms with Gasteiger partial charge in [-0.1, -0.05) is 24.3 Å². The number of nitrogens with one attached hydrogen (secondary N) is 1. The molecule has 20 heavy (non-hydrogen) atoms. The molecule has 4 nitrogen and oxygen atoms in total. The summed E-state index contributed by atoms with van der Waals surface area (Å²) in [6.07, 6.45) is 0. The zero-order valence-corrected chi connectivity index (χ0v) is 12.8. The van der Waals surface area contributed by atoms with E-state index in [-0.39, 0.29) is 5.91 Å². The van der Waals surface area contributed by atoms with Crippen LogP contribution in [0.5, 0.6) is 0 Å². The van der Waals surface area contributed by atoms with Crippen LogP contribution in [0.1, 0.15) is 28.6 Å². The van der Waals surface area contributed by atoms with Crippen LogP contribution in [0, 0.1) is 0 Å². The summed E-state index contributed by atoms with van der Waals surface area (Å²) in [5.74, 6) is 0.0566. The Morgan fingerprint density at radius 1 is 1.25 bits per heavy atom. The second-order valence-electron chi connectivity index (χ2n) is 4.19. The van der Waals surface area contributed by atoms with E-state index in [2.05, 4.69) is 21.2 Å². The Balaban J connectivity index is 1.98. The molecule has 0 unspecified atom stereocenters. The third kappa shape index (κ3) is 3.95. The molecule has 0 aliphatic carbocycles. The van der Waals surface area contributed by atoms with Gasteiger partial charge in [-0.15, -0.1) is 0 Å². The Hall–Kier alpha value is -1.59. The molecule has 5 heteroatoms. The lowest BCUT2D eigenvalue weighted by atomic mass is 10.1. The fourth-order valence-electron chi connectivity index (χ4n) is 1.78. The lowest BCUT2D eigenvalue weighted by Gasteiger charge is -2.10. The van der Waals surface area contributed by atoms with Gasteiger partial charge in [0.1, 0.15) is 0 Å². The lowest BCUT2D eigenvalue weighted by Crippen LogP contribution is -2.23. The highest BCUT2D eigenvalue weighted by atomic mass is 79.9. The summed E-state index contributed by atoms with van der Waals surface area (Å²) < 4.78 is 11.2. The highest BCUT2D eigenvalue weighted by molar-refractivity contribution is 9.10. The summed E-state index contributed by atoms with van der Waals surface area (Å²) in [5.41, 5.74) is 2.12. The summed E-state index contributed by atoms with van der Waals surface area (Å²) in [4.78, 5) is 11.9. The molecule has 0 aliphatic heterocycles. The van der Waals surface area contributed by atoms with Crippen molar-refractivity contribution in [1.82, 2.24) is 5.32 Å². The first-order valence-electron chi connectivity index (χ1n) is 6.38. The maximum Gasteiger partial charge on any atom is 0.287 e. The van der Waals surface area contributed by atoms with Gasteiger partial charge in [-0.3, -0.25) is 4.79 Å². The largest absolute Gasteiger partial charge is 0.444 e. The van der Waals surface area contributed by atoms with Gasteiger partial charge in [0, 0.05) is 13.2 Å². The first-order valence-corrected chi connectivity index (χ1v) is 7.18. The third-order valence-electron chi connectivity index (χ3n) is 2.82. The van der Waals surface area contributed by atoms with Crippen molar-refractivity contribution in [3.63, 3.8) is 0 Å². The maximum atomic E-state index is 11.9. The molecule has 0 radical (unpaired) electrons. The van der Waals surface area contributed by atoms with Crippen LogP contribution in [-0.4, -0.2) is 12.5 Å². The van der Waals surface area contributed by atoms with Crippen LogP contribution < -0.4 is 5.32 Å². The van der Waals surface area contributed by atoms with Gasteiger partial charge in [0.05, 0.1) is 6.61 Å². The quantitative estimate of drug-likeness (QED) is 0.877. The molecule has 2 aromatic rings. The van der Waals surface area contributed by atoms with Gasteiger partial charge >= 0.3 is 0 Å². The highest BCUT2D eigenvalue weighted by Crippen LogP contribution is 2.14. The van der Waals surface area contributed by atoms with Crippen molar-refractivity contribution in [2.75, 3.05) is 6.61 Å². The lowest BCUT2D eigenvalue weighted by molar-refractivity contribution is 0.0921. The Morgan fingerprint density at radius 3 is 2.65 bits per heavy atom. The molecule has 106 valence electrons. The monoisotopic (exact) mass is 337 g/mol. The second-order valence-corrected chi connectivity index (χ2v) is 4.97. The van der Waals surface area contributed by atoms with Crippen LogP contribution in [0.3, 0.4) is 0 Å². The number of hydrogen-bond donors (Lipinski definition) is 1. The summed E-state index contributed by atoms with van der Waals surface area (Å²) in [6.45, 7) is 3.62. The Labute approximate surface area is 126 Å². The molecule has 1 amide bonds. The molecule has 0 atom stereocenters. The van der Waals surface area contributed by atoms with Crippen LogP contribution in [0.4, 0.5) is 0 Å². The van der Waals surface area contributed by atoms with Crippen molar-refractivity contribution >= 4 is 21.8 Å². The topological polar surface area (TPSA) is 51.5 Å². The Bertz CT molecular complexity index is 580. The van der Waals surface area contributed by atoms with E-state index in [0.717, 1.165) is 11.1 Å². The average Bonchev–Trinajstić information content (AvgIpc) is 2.90. The molecule has 0 spiro atoms. The molecule has 0 bridgehead atoms. The smallest absolute Gasteiger partial charge is 0.287 e. The van der Waals surface area contributed by atoms with Crippen LogP contribution >= 0.6 is 15.9 Å². The second kappa shape index (κ2) is 7.26. The van der Waals surface area contributed by atoms with E-state index in [9.17, 15) is 4.79 Å². The van der Waals surface area contributed by atoms with Crippen molar-refractivity contribution < 1.29 is 13.9 Å². The summed E-state index contributed by atoms with van der Waals surface area (Å²) in [6, 6.07) is 11.2. The number of carbonyl (C=O) groups is 1. The molecular weight excluding hydrogens is 322 g/mol. The molecule has 0 saturated heterocycles. The number of halogens is 1. The number of rotatable bonds is 6. The van der Waals surface area contributed by atoms with Crippen LogP contribution in [0.25, 0.3) is 0 Å². The van der Waals surface area contributed by atoms with Crippen molar-refractivity contribution in [2.24, 2.45) is 0 Å². The molecular formula is C15H16BrNO3. The number of hydrogen-bond acceptors (Lipinski definition) is 3. The fourth-order valence-corrected chi connectivity index (χ4v) is 2.09. The molecule has 1 heterocycles. The fraction of sp³-hybridized carbons (Fsp3) is 0.267. The van der Waals surface area contributed by atoms with Gasteiger partial charge in [-0.25, -0.2) is 0 Å². The van der Waals surface area contributed by atoms with Gasteiger partial charge in [-0.05, 0) is 46.1 Å². The van der Waals surface area contributed by atoms with Crippen molar-refractivity contribution in [3.8, 4) is 0 Å². The van der Waals surface area contributed by atoms with Crippen molar-refractivity contribution in [2.45, 2.75) is 20.1 Å². The number of amides is 1. The highest BCUT2D eigenvalue weighted by Gasteiger charge is 2.10. The van der Waals surface area contributed by atoms with Gasteiger partial charge < -0.3 is 14.5 Å². The van der Waals surface area contributed by atoms with Gasteiger partial charge in [0.15, 0.2) is 10.4 Å². The van der Waals surface area contributed by atoms with E-state index in [1.165, 1.54) is 0 Å². The SMILES string of the molecule is CCOCc1ccccc1CNC(=O)c1ccc(Br)o1. The summed E-state index contributed by atoms with van der Waals surface area (Å²) in [7, 11) is 0. The predicted octanol–water partition coefficient (Wildman–Crippen LogP) is 3.51. The Morgan fingerprint density at radius 2 is 2.00 bits per heavy atom. The Kier molecular flexibility index (Phi) is 5.38. The van der Waals surface area contributed by atoms with Gasteiger partial charge in [0.2, 0.25) is 0 Å². The minimum Gasteiger partial charge on any atom is -0.444 e. The van der Waals surface area contributed by atoms with Crippen molar-refractivity contribution in [1.29, 1.82) is 0 Å². The van der Waals surface area contributed by atoms with E-state index in [1.807, 2.05) is 31.2 Å². The third-order valence-corrected chi connectivity index (χ3v) is 3.24. The van der Waals surface area contributed by atoms with E-state index >= 15 is 0 Å². The molecule has 2 rings (SSSR count).